The molecule has 7 heteroatoms. The quantitative estimate of drug-likeness (QED) is 0.333. The van der Waals surface area contributed by atoms with E-state index < -0.39 is 24.1 Å². The minimum absolute atomic E-state index is 0.0403. The number of nitrogens with one attached hydrogen (secondary N) is 1. The highest BCUT2D eigenvalue weighted by Crippen LogP contribution is 2.34. The number of benzene rings is 3. The second kappa shape index (κ2) is 13.0. The number of carbonyl (C=O) groups is 3. The van der Waals surface area contributed by atoms with E-state index in [9.17, 15) is 19.5 Å². The summed E-state index contributed by atoms with van der Waals surface area (Å²) < 4.78 is 10.7. The first kappa shape index (κ1) is 27.1. The van der Waals surface area contributed by atoms with Crippen LogP contribution >= 0.6 is 0 Å². The first-order valence-electron chi connectivity index (χ1n) is 12.9. The fourth-order valence-electron chi connectivity index (χ4n) is 4.87. The average Bonchev–Trinajstić information content (AvgIpc) is 3.33. The van der Waals surface area contributed by atoms with Crippen molar-refractivity contribution in [1.82, 2.24) is 5.32 Å². The van der Waals surface area contributed by atoms with Gasteiger partial charge in [-0.25, -0.2) is 4.79 Å². The number of rotatable bonds is 12. The van der Waals surface area contributed by atoms with E-state index in [1.807, 2.05) is 78.9 Å². The van der Waals surface area contributed by atoms with Crippen molar-refractivity contribution in [3.63, 3.8) is 0 Å². The van der Waals surface area contributed by atoms with Gasteiger partial charge in [0.2, 0.25) is 5.91 Å². The average molecular weight is 516 g/mol. The van der Waals surface area contributed by atoms with Crippen LogP contribution in [0.2, 0.25) is 0 Å². The molecule has 1 amide bonds. The van der Waals surface area contributed by atoms with Crippen molar-refractivity contribution < 1.29 is 29.0 Å². The van der Waals surface area contributed by atoms with Gasteiger partial charge in [-0.05, 0) is 47.1 Å². The van der Waals surface area contributed by atoms with Crippen molar-refractivity contribution in [2.24, 2.45) is 0 Å². The lowest BCUT2D eigenvalue weighted by Crippen LogP contribution is -2.41. The van der Waals surface area contributed by atoms with Crippen molar-refractivity contribution in [3.8, 4) is 11.1 Å². The smallest absolute Gasteiger partial charge is 0.332 e. The number of carboxylic acids is 1. The number of carboxylic acid groups (broad SMARTS) is 1. The SMILES string of the molecule is CO[C@@H](C[C@H](Cc1ccc(-c2ccccc2)cc1)NC(=O)CCC(=O)O[C@@H]1CCc2ccccc21)C(=O)O. The Balaban J connectivity index is 1.34. The van der Waals surface area contributed by atoms with Crippen LogP contribution in [0.3, 0.4) is 0 Å². The van der Waals surface area contributed by atoms with Gasteiger partial charge in [0.15, 0.2) is 6.10 Å². The van der Waals surface area contributed by atoms with E-state index in [1.165, 1.54) is 12.7 Å². The molecule has 3 atom stereocenters. The van der Waals surface area contributed by atoms with Gasteiger partial charge in [0.05, 0.1) is 6.42 Å². The molecule has 3 aromatic carbocycles. The molecular weight excluding hydrogens is 482 g/mol. The predicted molar refractivity (Wildman–Crippen MR) is 143 cm³/mol. The Labute approximate surface area is 222 Å². The van der Waals surface area contributed by atoms with Crippen LogP contribution in [0.15, 0.2) is 78.9 Å². The molecule has 1 aliphatic carbocycles. The third-order valence-electron chi connectivity index (χ3n) is 6.87. The molecule has 2 N–H and O–H groups in total. The summed E-state index contributed by atoms with van der Waals surface area (Å²) in [6.07, 6.45) is 0.723. The Kier molecular flexibility index (Phi) is 9.27. The zero-order valence-electron chi connectivity index (χ0n) is 21.5. The lowest BCUT2D eigenvalue weighted by atomic mass is 9.97. The summed E-state index contributed by atoms with van der Waals surface area (Å²) in [7, 11) is 1.34. The summed E-state index contributed by atoms with van der Waals surface area (Å²) >= 11 is 0. The lowest BCUT2D eigenvalue weighted by molar-refractivity contribution is -0.150. The van der Waals surface area contributed by atoms with Gasteiger partial charge in [0.1, 0.15) is 6.10 Å². The van der Waals surface area contributed by atoms with Crippen molar-refractivity contribution in [3.05, 3.63) is 95.6 Å². The minimum Gasteiger partial charge on any atom is -0.479 e. The second-order valence-corrected chi connectivity index (χ2v) is 9.55. The third kappa shape index (κ3) is 7.29. The Morgan fingerprint density at radius 3 is 2.32 bits per heavy atom. The molecular formula is C31H33NO6. The van der Waals surface area contributed by atoms with E-state index in [0.29, 0.717) is 6.42 Å². The number of aryl methyl sites for hydroxylation is 1. The monoisotopic (exact) mass is 515 g/mol. The maximum atomic E-state index is 12.8. The fourth-order valence-corrected chi connectivity index (χ4v) is 4.87. The number of hydrogen-bond donors (Lipinski definition) is 2. The Bertz CT molecular complexity index is 1240. The molecule has 198 valence electrons. The number of amides is 1. The van der Waals surface area contributed by atoms with Gasteiger partial charge in [-0.3, -0.25) is 9.59 Å². The van der Waals surface area contributed by atoms with E-state index in [-0.39, 0.29) is 31.3 Å². The van der Waals surface area contributed by atoms with Gasteiger partial charge in [-0.1, -0.05) is 78.9 Å². The molecule has 0 unspecified atom stereocenters. The van der Waals surface area contributed by atoms with Gasteiger partial charge in [-0.2, -0.15) is 0 Å². The Hall–Kier alpha value is -3.97. The van der Waals surface area contributed by atoms with Crippen LogP contribution in [-0.4, -0.2) is 42.2 Å². The summed E-state index contributed by atoms with van der Waals surface area (Å²) in [6.45, 7) is 0. The molecule has 7 nitrogen and oxygen atoms in total. The molecule has 0 aromatic heterocycles. The van der Waals surface area contributed by atoms with Gasteiger partial charge in [0.25, 0.3) is 0 Å². The number of esters is 1. The Morgan fingerprint density at radius 1 is 0.921 bits per heavy atom. The van der Waals surface area contributed by atoms with Crippen molar-refractivity contribution in [2.75, 3.05) is 7.11 Å². The lowest BCUT2D eigenvalue weighted by Gasteiger charge is -2.22. The number of aliphatic carboxylic acids is 1. The minimum atomic E-state index is -1.09. The van der Waals surface area contributed by atoms with Crippen LogP contribution in [0, 0.1) is 0 Å². The highest BCUT2D eigenvalue weighted by Gasteiger charge is 2.27. The van der Waals surface area contributed by atoms with E-state index in [1.54, 1.807) is 0 Å². The zero-order valence-corrected chi connectivity index (χ0v) is 21.5. The van der Waals surface area contributed by atoms with Gasteiger partial charge in [-0.15, -0.1) is 0 Å². The normalized spacial score (nSPS) is 15.8. The highest BCUT2D eigenvalue weighted by atomic mass is 16.5. The number of methoxy groups -OCH3 is 1. The van der Waals surface area contributed by atoms with Crippen LogP contribution in [0.4, 0.5) is 0 Å². The molecule has 0 spiro atoms. The van der Waals surface area contributed by atoms with Gasteiger partial charge in [0, 0.05) is 26.0 Å². The first-order valence-corrected chi connectivity index (χ1v) is 12.9. The molecule has 4 rings (SSSR count). The van der Waals surface area contributed by atoms with Crippen molar-refractivity contribution >= 4 is 17.8 Å². The molecule has 0 aliphatic heterocycles. The first-order chi connectivity index (χ1) is 18.4. The molecule has 0 bridgehead atoms. The molecule has 0 fully saturated rings. The number of ether oxygens (including phenoxy) is 2. The van der Waals surface area contributed by atoms with Crippen LogP contribution in [-0.2, 0) is 36.7 Å². The van der Waals surface area contributed by atoms with Crippen molar-refractivity contribution in [1.29, 1.82) is 0 Å². The van der Waals surface area contributed by atoms with E-state index in [4.69, 9.17) is 9.47 Å². The standard InChI is InChI=1S/C31H33NO6/c1-37-28(31(35)36)20-25(19-21-11-13-23(14-12-21)22-7-3-2-4-8-22)32-29(33)17-18-30(34)38-27-16-15-24-9-5-6-10-26(24)27/h2-14,25,27-28H,15-20H2,1H3,(H,32,33)(H,35,36)/t25-,27+,28-/m0/s1. The molecule has 0 saturated heterocycles. The summed E-state index contributed by atoms with van der Waals surface area (Å²) in [5.41, 5.74) is 5.34. The van der Waals surface area contributed by atoms with E-state index in [2.05, 4.69) is 5.32 Å². The molecule has 3 aromatic rings. The number of fused-ring (bicyclic) bond motifs is 1. The summed E-state index contributed by atoms with van der Waals surface area (Å²) in [5, 5.41) is 12.4. The largest absolute Gasteiger partial charge is 0.479 e. The van der Waals surface area contributed by atoms with Crippen LogP contribution < -0.4 is 5.32 Å². The zero-order chi connectivity index (χ0) is 26.9. The fraction of sp³-hybridized carbons (Fsp3) is 0.323. The second-order valence-electron chi connectivity index (χ2n) is 9.55. The molecule has 0 saturated carbocycles. The molecule has 38 heavy (non-hydrogen) atoms. The van der Waals surface area contributed by atoms with Crippen molar-refractivity contribution in [2.45, 2.75) is 56.8 Å². The molecule has 0 radical (unpaired) electrons. The predicted octanol–water partition coefficient (Wildman–Crippen LogP) is 4.88. The summed E-state index contributed by atoms with van der Waals surface area (Å²) in [5.74, 6) is -1.85. The third-order valence-corrected chi connectivity index (χ3v) is 6.87. The molecule has 0 heterocycles. The topological polar surface area (TPSA) is 102 Å². The summed E-state index contributed by atoms with van der Waals surface area (Å²) in [6, 6.07) is 25.4. The number of hydrogen-bond acceptors (Lipinski definition) is 5. The summed E-state index contributed by atoms with van der Waals surface area (Å²) in [4.78, 5) is 36.8. The number of carbonyl (C=O) groups excluding carboxylic acids is 2. The van der Waals surface area contributed by atoms with E-state index >= 15 is 0 Å². The highest BCUT2D eigenvalue weighted by molar-refractivity contribution is 5.81. The maximum Gasteiger partial charge on any atom is 0.332 e. The van der Waals surface area contributed by atoms with Crippen LogP contribution in [0.5, 0.6) is 0 Å². The maximum absolute atomic E-state index is 12.8. The Morgan fingerprint density at radius 2 is 1.61 bits per heavy atom. The van der Waals surface area contributed by atoms with Crippen LogP contribution in [0.1, 0.15) is 48.5 Å². The van der Waals surface area contributed by atoms with Gasteiger partial charge < -0.3 is 19.9 Å². The van der Waals surface area contributed by atoms with Gasteiger partial charge >= 0.3 is 11.9 Å². The van der Waals surface area contributed by atoms with E-state index in [0.717, 1.165) is 35.1 Å². The molecule has 1 aliphatic rings. The van der Waals surface area contributed by atoms with Crippen LogP contribution in [0.25, 0.3) is 11.1 Å².